The normalized spacial score (nSPS) is 11.0. The lowest BCUT2D eigenvalue weighted by atomic mass is 10.4. The Morgan fingerprint density at radius 2 is 1.59 bits per heavy atom. The Kier molecular flexibility index (Phi) is 8.99. The fourth-order valence-corrected chi connectivity index (χ4v) is 2.91. The van der Waals surface area contributed by atoms with E-state index in [1.807, 2.05) is 17.8 Å². The highest BCUT2D eigenvalue weighted by Gasteiger charge is 2.02. The average Bonchev–Trinajstić information content (AvgIpc) is 2.36. The summed E-state index contributed by atoms with van der Waals surface area (Å²) in [5, 5.41) is 0. The zero-order chi connectivity index (χ0) is 12.3. The number of hydrogen-bond acceptors (Lipinski definition) is 2. The number of thioether (sulfide) groups is 1. The molecular formula is C13H19Cl2NS. The van der Waals surface area contributed by atoms with Crippen molar-refractivity contribution in [2.24, 2.45) is 0 Å². The molecule has 4 heteroatoms. The summed E-state index contributed by atoms with van der Waals surface area (Å²) >= 11 is 13.4. The second kappa shape index (κ2) is 10.1. The van der Waals surface area contributed by atoms with Crippen LogP contribution in [0.15, 0.2) is 35.2 Å². The quantitative estimate of drug-likeness (QED) is 0.385. The second-order valence-corrected chi connectivity index (χ2v) is 5.66. The molecule has 0 radical (unpaired) electrons. The van der Waals surface area contributed by atoms with E-state index in [4.69, 9.17) is 23.2 Å². The number of rotatable bonds is 9. The van der Waals surface area contributed by atoms with Crippen LogP contribution in [0.3, 0.4) is 0 Å². The topological polar surface area (TPSA) is 3.24 Å². The summed E-state index contributed by atoms with van der Waals surface area (Å²) in [7, 11) is 0. The minimum atomic E-state index is 0.683. The SMILES string of the molecule is ClCCN(CCCl)CCCSc1ccccc1. The number of nitrogens with zero attached hydrogens (tertiary/aromatic N) is 1. The fraction of sp³-hybridized carbons (Fsp3) is 0.538. The average molecular weight is 292 g/mol. The Morgan fingerprint density at radius 1 is 0.941 bits per heavy atom. The van der Waals surface area contributed by atoms with Crippen molar-refractivity contribution >= 4 is 35.0 Å². The van der Waals surface area contributed by atoms with E-state index in [9.17, 15) is 0 Å². The Balaban J connectivity index is 2.13. The summed E-state index contributed by atoms with van der Waals surface area (Å²) in [5.74, 6) is 2.51. The van der Waals surface area contributed by atoms with Gasteiger partial charge in [0.15, 0.2) is 0 Å². The van der Waals surface area contributed by atoms with Gasteiger partial charge in [-0.3, -0.25) is 0 Å². The van der Waals surface area contributed by atoms with Gasteiger partial charge in [0.25, 0.3) is 0 Å². The molecule has 1 aromatic carbocycles. The third kappa shape index (κ3) is 7.20. The molecule has 96 valence electrons. The van der Waals surface area contributed by atoms with E-state index in [1.54, 1.807) is 0 Å². The Bertz CT molecular complexity index is 276. The van der Waals surface area contributed by atoms with Crippen molar-refractivity contribution in [3.05, 3.63) is 30.3 Å². The van der Waals surface area contributed by atoms with Crippen LogP contribution in [0.1, 0.15) is 6.42 Å². The highest BCUT2D eigenvalue weighted by molar-refractivity contribution is 7.99. The van der Waals surface area contributed by atoms with Crippen molar-refractivity contribution < 1.29 is 0 Å². The monoisotopic (exact) mass is 291 g/mol. The van der Waals surface area contributed by atoms with E-state index >= 15 is 0 Å². The molecular weight excluding hydrogens is 273 g/mol. The van der Waals surface area contributed by atoms with Gasteiger partial charge < -0.3 is 4.90 Å². The molecule has 0 aliphatic rings. The first-order chi connectivity index (χ1) is 8.36. The van der Waals surface area contributed by atoms with Crippen molar-refractivity contribution in [3.8, 4) is 0 Å². The summed E-state index contributed by atoms with van der Waals surface area (Å²) in [6.45, 7) is 2.95. The summed E-state index contributed by atoms with van der Waals surface area (Å²) in [6, 6.07) is 10.5. The summed E-state index contributed by atoms with van der Waals surface area (Å²) < 4.78 is 0. The highest BCUT2D eigenvalue weighted by Crippen LogP contribution is 2.17. The number of hydrogen-bond donors (Lipinski definition) is 0. The molecule has 0 fully saturated rings. The number of alkyl halides is 2. The third-order valence-electron chi connectivity index (χ3n) is 2.43. The maximum absolute atomic E-state index is 5.75. The molecule has 0 unspecified atom stereocenters. The van der Waals surface area contributed by atoms with Gasteiger partial charge in [-0.2, -0.15) is 0 Å². The van der Waals surface area contributed by atoms with Crippen LogP contribution in [-0.4, -0.2) is 42.0 Å². The largest absolute Gasteiger partial charge is 0.301 e. The van der Waals surface area contributed by atoms with Crippen LogP contribution < -0.4 is 0 Å². The Labute approximate surface area is 118 Å². The molecule has 0 N–H and O–H groups in total. The van der Waals surface area contributed by atoms with Crippen LogP contribution in [0.4, 0.5) is 0 Å². The molecule has 0 aliphatic carbocycles. The minimum absolute atomic E-state index is 0.683. The molecule has 0 atom stereocenters. The van der Waals surface area contributed by atoms with E-state index in [-0.39, 0.29) is 0 Å². The van der Waals surface area contributed by atoms with Crippen molar-refractivity contribution in [1.29, 1.82) is 0 Å². The van der Waals surface area contributed by atoms with Crippen LogP contribution in [-0.2, 0) is 0 Å². The van der Waals surface area contributed by atoms with Gasteiger partial charge in [-0.25, -0.2) is 0 Å². The summed E-state index contributed by atoms with van der Waals surface area (Å²) in [4.78, 5) is 3.67. The molecule has 1 aromatic rings. The minimum Gasteiger partial charge on any atom is -0.301 e. The molecule has 0 amide bonds. The van der Waals surface area contributed by atoms with E-state index in [1.165, 1.54) is 11.3 Å². The molecule has 0 bridgehead atoms. The first-order valence-corrected chi connectivity index (χ1v) is 7.94. The van der Waals surface area contributed by atoms with Gasteiger partial charge in [0.1, 0.15) is 0 Å². The van der Waals surface area contributed by atoms with Crippen molar-refractivity contribution in [3.63, 3.8) is 0 Å². The van der Waals surface area contributed by atoms with Crippen LogP contribution >= 0.6 is 35.0 Å². The van der Waals surface area contributed by atoms with Crippen LogP contribution in [0, 0.1) is 0 Å². The van der Waals surface area contributed by atoms with Gasteiger partial charge in [0.2, 0.25) is 0 Å². The zero-order valence-electron chi connectivity index (χ0n) is 9.95. The molecule has 0 saturated carbocycles. The third-order valence-corrected chi connectivity index (χ3v) is 3.87. The second-order valence-electron chi connectivity index (χ2n) is 3.73. The molecule has 1 rings (SSSR count). The molecule has 0 aromatic heterocycles. The van der Waals surface area contributed by atoms with Crippen LogP contribution in [0.5, 0.6) is 0 Å². The standard InChI is InChI=1S/C13H19Cl2NS/c14-7-10-16(11-8-15)9-4-12-17-13-5-2-1-3-6-13/h1-3,5-6H,4,7-12H2. The predicted octanol–water partition coefficient (Wildman–Crippen LogP) is 3.95. The number of halogens is 2. The van der Waals surface area contributed by atoms with Crippen LogP contribution in [0.25, 0.3) is 0 Å². The lowest BCUT2D eigenvalue weighted by Gasteiger charge is -2.19. The number of benzene rings is 1. The van der Waals surface area contributed by atoms with Gasteiger partial charge >= 0.3 is 0 Å². The fourth-order valence-electron chi connectivity index (χ4n) is 1.57. The van der Waals surface area contributed by atoms with Gasteiger partial charge in [0, 0.05) is 29.7 Å². The van der Waals surface area contributed by atoms with E-state index in [2.05, 4.69) is 29.2 Å². The zero-order valence-corrected chi connectivity index (χ0v) is 12.3. The van der Waals surface area contributed by atoms with E-state index in [0.717, 1.165) is 25.4 Å². The van der Waals surface area contributed by atoms with Crippen molar-refractivity contribution in [2.75, 3.05) is 37.1 Å². The highest BCUT2D eigenvalue weighted by atomic mass is 35.5. The Morgan fingerprint density at radius 3 is 2.18 bits per heavy atom. The van der Waals surface area contributed by atoms with Crippen LogP contribution in [0.2, 0.25) is 0 Å². The van der Waals surface area contributed by atoms with Crippen molar-refractivity contribution in [1.82, 2.24) is 4.90 Å². The maximum atomic E-state index is 5.75. The molecule has 0 heterocycles. The predicted molar refractivity (Wildman–Crippen MR) is 79.7 cm³/mol. The van der Waals surface area contributed by atoms with Gasteiger partial charge in [-0.1, -0.05) is 18.2 Å². The van der Waals surface area contributed by atoms with Crippen molar-refractivity contribution in [2.45, 2.75) is 11.3 Å². The Hall–Kier alpha value is 0.110. The first-order valence-electron chi connectivity index (χ1n) is 5.89. The summed E-state index contributed by atoms with van der Waals surface area (Å²) in [6.07, 6.45) is 1.17. The molecule has 0 aliphatic heterocycles. The molecule has 1 nitrogen and oxygen atoms in total. The van der Waals surface area contributed by atoms with E-state index in [0.29, 0.717) is 11.8 Å². The molecule has 0 spiro atoms. The first kappa shape index (κ1) is 15.2. The molecule has 0 saturated heterocycles. The lowest BCUT2D eigenvalue weighted by Crippen LogP contribution is -2.29. The molecule has 17 heavy (non-hydrogen) atoms. The van der Waals surface area contributed by atoms with Gasteiger partial charge in [-0.15, -0.1) is 35.0 Å². The lowest BCUT2D eigenvalue weighted by molar-refractivity contribution is 0.309. The smallest absolute Gasteiger partial charge is 0.0351 e. The van der Waals surface area contributed by atoms with Gasteiger partial charge in [0.05, 0.1) is 0 Å². The maximum Gasteiger partial charge on any atom is 0.0351 e. The van der Waals surface area contributed by atoms with Gasteiger partial charge in [-0.05, 0) is 30.9 Å². The summed E-state index contributed by atoms with van der Waals surface area (Å²) in [5.41, 5.74) is 0. The van der Waals surface area contributed by atoms with E-state index < -0.39 is 0 Å².